The maximum absolute atomic E-state index is 12.8. The summed E-state index contributed by atoms with van der Waals surface area (Å²) in [5.41, 5.74) is 3.21. The molecule has 2 aromatic carbocycles. The van der Waals surface area contributed by atoms with Crippen LogP contribution in [0.3, 0.4) is 0 Å². The Bertz CT molecular complexity index is 1280. The van der Waals surface area contributed by atoms with Crippen molar-refractivity contribution in [1.29, 1.82) is 0 Å². The highest BCUT2D eigenvalue weighted by Crippen LogP contribution is 2.45. The SMILES string of the molecule is CC(=O)N1CCc2c(sc(NC(=O)CCSc3ccccc3)c2-c2nc3ccccc3s2)C1. The molecule has 4 aromatic rings. The first-order valence-corrected chi connectivity index (χ1v) is 13.4. The molecule has 0 fully saturated rings. The van der Waals surface area contributed by atoms with Crippen LogP contribution in [-0.2, 0) is 22.6 Å². The van der Waals surface area contributed by atoms with Crippen LogP contribution in [0.2, 0.25) is 0 Å². The average molecular weight is 494 g/mol. The largest absolute Gasteiger partial charge is 0.337 e. The van der Waals surface area contributed by atoms with Gasteiger partial charge in [0.2, 0.25) is 11.8 Å². The zero-order valence-corrected chi connectivity index (χ0v) is 20.6. The van der Waals surface area contributed by atoms with E-state index >= 15 is 0 Å². The standard InChI is InChI=1S/C25H23N3O2S3/c1-16(29)28-13-11-18-21(15-28)33-25(23(18)24-26-19-9-5-6-10-20(19)32-24)27-22(30)12-14-31-17-7-3-2-4-8-17/h2-10H,11-15H2,1H3,(H,27,30). The number of benzene rings is 2. The van der Waals surface area contributed by atoms with Gasteiger partial charge in [0.1, 0.15) is 10.0 Å². The number of hydrogen-bond donors (Lipinski definition) is 1. The second-order valence-corrected chi connectivity index (χ2v) is 11.1. The molecule has 0 aliphatic carbocycles. The van der Waals surface area contributed by atoms with Gasteiger partial charge in [-0.15, -0.1) is 34.4 Å². The number of thiophene rings is 1. The molecule has 0 atom stereocenters. The zero-order valence-electron chi connectivity index (χ0n) is 18.2. The Balaban J connectivity index is 1.41. The number of thiazole rings is 1. The van der Waals surface area contributed by atoms with Crippen molar-refractivity contribution in [2.24, 2.45) is 0 Å². The number of para-hydroxylation sites is 1. The molecule has 168 valence electrons. The van der Waals surface area contributed by atoms with E-state index in [0.717, 1.165) is 47.7 Å². The molecule has 0 unspecified atom stereocenters. The lowest BCUT2D eigenvalue weighted by Gasteiger charge is -2.26. The molecule has 0 bridgehead atoms. The number of aromatic nitrogens is 1. The van der Waals surface area contributed by atoms with Crippen LogP contribution in [0.1, 0.15) is 23.8 Å². The Morgan fingerprint density at radius 3 is 2.67 bits per heavy atom. The van der Waals surface area contributed by atoms with Crippen LogP contribution < -0.4 is 5.32 Å². The fourth-order valence-electron chi connectivity index (χ4n) is 3.93. The third-order valence-corrected chi connectivity index (χ3v) is 8.80. The van der Waals surface area contributed by atoms with Gasteiger partial charge in [0, 0.05) is 41.0 Å². The minimum atomic E-state index is 0.00260. The molecule has 33 heavy (non-hydrogen) atoms. The topological polar surface area (TPSA) is 62.3 Å². The molecular formula is C25H23N3O2S3. The van der Waals surface area contributed by atoms with E-state index < -0.39 is 0 Å². The van der Waals surface area contributed by atoms with Crippen molar-refractivity contribution >= 4 is 61.5 Å². The number of carbonyl (C=O) groups excluding carboxylic acids is 2. The lowest BCUT2D eigenvalue weighted by Crippen LogP contribution is -2.33. The summed E-state index contributed by atoms with van der Waals surface area (Å²) in [6.45, 7) is 2.89. The summed E-state index contributed by atoms with van der Waals surface area (Å²) in [6.07, 6.45) is 1.21. The van der Waals surface area contributed by atoms with Gasteiger partial charge in [-0.25, -0.2) is 4.98 Å². The van der Waals surface area contributed by atoms with E-state index in [-0.39, 0.29) is 11.8 Å². The van der Waals surface area contributed by atoms with Crippen LogP contribution in [-0.4, -0.2) is 34.0 Å². The molecule has 5 nitrogen and oxygen atoms in total. The Morgan fingerprint density at radius 2 is 1.88 bits per heavy atom. The van der Waals surface area contributed by atoms with E-state index in [1.165, 1.54) is 5.56 Å². The number of nitrogens with one attached hydrogen (secondary N) is 1. The van der Waals surface area contributed by atoms with Crippen molar-refractivity contribution < 1.29 is 9.59 Å². The molecule has 1 aliphatic rings. The van der Waals surface area contributed by atoms with Crippen LogP contribution in [0, 0.1) is 0 Å². The van der Waals surface area contributed by atoms with Crippen molar-refractivity contribution in [3.05, 3.63) is 65.0 Å². The maximum atomic E-state index is 12.8. The second-order valence-electron chi connectivity index (χ2n) is 7.84. The molecule has 5 rings (SSSR count). The molecule has 3 heterocycles. The Morgan fingerprint density at radius 1 is 1.09 bits per heavy atom. The highest BCUT2D eigenvalue weighted by Gasteiger charge is 2.28. The summed E-state index contributed by atoms with van der Waals surface area (Å²) in [6, 6.07) is 18.2. The van der Waals surface area contributed by atoms with Gasteiger partial charge in [-0.3, -0.25) is 9.59 Å². The summed E-state index contributed by atoms with van der Waals surface area (Å²) in [7, 11) is 0. The van der Waals surface area contributed by atoms with Gasteiger partial charge in [0.05, 0.1) is 16.8 Å². The van der Waals surface area contributed by atoms with E-state index in [4.69, 9.17) is 4.98 Å². The van der Waals surface area contributed by atoms with Crippen LogP contribution in [0.4, 0.5) is 5.00 Å². The van der Waals surface area contributed by atoms with Gasteiger partial charge >= 0.3 is 0 Å². The number of anilines is 1. The fraction of sp³-hybridized carbons (Fsp3) is 0.240. The predicted molar refractivity (Wildman–Crippen MR) is 138 cm³/mol. The number of thioether (sulfide) groups is 1. The monoisotopic (exact) mass is 493 g/mol. The molecule has 0 spiro atoms. The van der Waals surface area contributed by atoms with Crippen molar-refractivity contribution in [2.45, 2.75) is 31.2 Å². The molecule has 0 saturated carbocycles. The maximum Gasteiger partial charge on any atom is 0.225 e. The molecule has 0 radical (unpaired) electrons. The minimum Gasteiger partial charge on any atom is -0.337 e. The first kappa shape index (κ1) is 22.1. The summed E-state index contributed by atoms with van der Waals surface area (Å²) < 4.78 is 1.13. The average Bonchev–Trinajstić information content (AvgIpc) is 3.39. The highest BCUT2D eigenvalue weighted by molar-refractivity contribution is 7.99. The van der Waals surface area contributed by atoms with Crippen LogP contribution >= 0.6 is 34.4 Å². The second kappa shape index (κ2) is 9.67. The first-order chi connectivity index (χ1) is 16.1. The Labute approximate surface area is 204 Å². The van der Waals surface area contributed by atoms with Crippen molar-refractivity contribution in [2.75, 3.05) is 17.6 Å². The van der Waals surface area contributed by atoms with Crippen molar-refractivity contribution in [3.63, 3.8) is 0 Å². The molecule has 2 amide bonds. The summed E-state index contributed by atoms with van der Waals surface area (Å²) in [5.74, 6) is 0.803. The number of fused-ring (bicyclic) bond motifs is 2. The predicted octanol–water partition coefficient (Wildman–Crippen LogP) is 6.05. The van der Waals surface area contributed by atoms with Gasteiger partial charge in [-0.05, 0) is 36.2 Å². The molecule has 1 aliphatic heterocycles. The molecule has 0 saturated heterocycles. The van der Waals surface area contributed by atoms with E-state index in [2.05, 4.69) is 23.5 Å². The summed E-state index contributed by atoms with van der Waals surface area (Å²) in [4.78, 5) is 33.8. The van der Waals surface area contributed by atoms with Crippen molar-refractivity contribution in [1.82, 2.24) is 9.88 Å². The van der Waals surface area contributed by atoms with Crippen molar-refractivity contribution in [3.8, 4) is 10.6 Å². The van der Waals surface area contributed by atoms with Gasteiger partial charge in [-0.1, -0.05) is 30.3 Å². The van der Waals surface area contributed by atoms with Gasteiger partial charge < -0.3 is 10.2 Å². The van der Waals surface area contributed by atoms with Crippen LogP contribution in [0.15, 0.2) is 59.5 Å². The van der Waals surface area contributed by atoms with Gasteiger partial charge in [0.15, 0.2) is 0 Å². The Kier molecular flexibility index (Phi) is 6.48. The fourth-order valence-corrected chi connectivity index (χ4v) is 7.20. The number of rotatable bonds is 6. The minimum absolute atomic E-state index is 0.00260. The highest BCUT2D eigenvalue weighted by atomic mass is 32.2. The number of nitrogens with zero attached hydrogens (tertiary/aromatic N) is 2. The molecule has 8 heteroatoms. The van der Waals surface area contributed by atoms with E-state index in [0.29, 0.717) is 19.5 Å². The van der Waals surface area contributed by atoms with E-state index in [9.17, 15) is 9.59 Å². The number of carbonyl (C=O) groups is 2. The quantitative estimate of drug-likeness (QED) is 0.332. The van der Waals surface area contributed by atoms with Crippen LogP contribution in [0.5, 0.6) is 0 Å². The number of amides is 2. The lowest BCUT2D eigenvalue weighted by molar-refractivity contribution is -0.129. The Hall–Kier alpha value is -2.68. The zero-order chi connectivity index (χ0) is 22.8. The van der Waals surface area contributed by atoms with Gasteiger partial charge in [0.25, 0.3) is 0 Å². The third kappa shape index (κ3) is 4.83. The summed E-state index contributed by atoms with van der Waals surface area (Å²) >= 11 is 4.91. The molecule has 1 N–H and O–H groups in total. The number of hydrogen-bond acceptors (Lipinski definition) is 6. The smallest absolute Gasteiger partial charge is 0.225 e. The molecular weight excluding hydrogens is 470 g/mol. The lowest BCUT2D eigenvalue weighted by atomic mass is 10.0. The summed E-state index contributed by atoms with van der Waals surface area (Å²) in [5, 5.41) is 4.95. The van der Waals surface area contributed by atoms with Crippen LogP contribution in [0.25, 0.3) is 20.8 Å². The van der Waals surface area contributed by atoms with E-state index in [1.54, 1.807) is 41.4 Å². The normalized spacial score (nSPS) is 13.2. The van der Waals surface area contributed by atoms with E-state index in [1.807, 2.05) is 41.3 Å². The third-order valence-electron chi connectivity index (χ3n) is 5.60. The first-order valence-electron chi connectivity index (χ1n) is 10.8. The molecule has 2 aromatic heterocycles. The van der Waals surface area contributed by atoms with Gasteiger partial charge in [-0.2, -0.15) is 0 Å².